The third kappa shape index (κ3) is 4.48. The summed E-state index contributed by atoms with van der Waals surface area (Å²) in [6.45, 7) is 4.19. The normalized spacial score (nSPS) is 12.4. The maximum atomic E-state index is 12.4. The summed E-state index contributed by atoms with van der Waals surface area (Å²) >= 11 is 0. The number of amides is 2. The van der Waals surface area contributed by atoms with Gasteiger partial charge in [-0.25, -0.2) is 13.2 Å². The average Bonchev–Trinajstić information content (AvgIpc) is 2.55. The Kier molecular flexibility index (Phi) is 5.46. The summed E-state index contributed by atoms with van der Waals surface area (Å²) in [6.07, 6.45) is 0.996. The molecule has 0 spiro atoms. The molecule has 0 aliphatic heterocycles. The number of carbonyl (C=O) groups excluding carboxylic acids is 1. The highest BCUT2D eigenvalue weighted by Crippen LogP contribution is 2.22. The van der Waals surface area contributed by atoms with Crippen molar-refractivity contribution in [1.82, 2.24) is 0 Å². The first kappa shape index (κ1) is 17.8. The first-order chi connectivity index (χ1) is 11.3. The number of benzene rings is 2. The minimum absolute atomic E-state index is 0.203. The van der Waals surface area contributed by atoms with Crippen molar-refractivity contribution < 1.29 is 13.2 Å². The molecule has 6 nitrogen and oxygen atoms in total. The molecule has 0 saturated heterocycles. The Morgan fingerprint density at radius 3 is 2.08 bits per heavy atom. The van der Waals surface area contributed by atoms with Crippen molar-refractivity contribution in [3.63, 3.8) is 0 Å². The smallest absolute Gasteiger partial charge is 0.316 e. The van der Waals surface area contributed by atoms with Crippen molar-refractivity contribution in [3.05, 3.63) is 54.1 Å². The van der Waals surface area contributed by atoms with E-state index in [1.54, 1.807) is 36.4 Å². The first-order valence-corrected chi connectivity index (χ1v) is 9.09. The average molecular weight is 347 g/mol. The fourth-order valence-electron chi connectivity index (χ4n) is 2.19. The molecular weight excluding hydrogens is 326 g/mol. The van der Waals surface area contributed by atoms with Gasteiger partial charge >= 0.3 is 6.03 Å². The van der Waals surface area contributed by atoms with Crippen molar-refractivity contribution in [2.75, 3.05) is 10.0 Å². The van der Waals surface area contributed by atoms with Crippen LogP contribution < -0.4 is 15.8 Å². The molecule has 2 rings (SSSR count). The Hall–Kier alpha value is -2.54. The maximum absolute atomic E-state index is 12.4. The molecule has 1 unspecified atom stereocenters. The third-order valence-corrected chi connectivity index (χ3v) is 5.17. The van der Waals surface area contributed by atoms with E-state index in [0.717, 1.165) is 12.0 Å². The van der Waals surface area contributed by atoms with E-state index < -0.39 is 16.1 Å². The van der Waals surface area contributed by atoms with Gasteiger partial charge in [-0.15, -0.1) is 0 Å². The van der Waals surface area contributed by atoms with Crippen LogP contribution in [0.3, 0.4) is 0 Å². The number of urea groups is 1. The molecule has 4 N–H and O–H groups in total. The Morgan fingerprint density at radius 1 is 1.04 bits per heavy atom. The van der Waals surface area contributed by atoms with E-state index >= 15 is 0 Å². The van der Waals surface area contributed by atoms with Gasteiger partial charge in [0, 0.05) is 11.4 Å². The van der Waals surface area contributed by atoms with Crippen LogP contribution in [0.4, 0.5) is 16.2 Å². The van der Waals surface area contributed by atoms with E-state index in [0.29, 0.717) is 17.3 Å². The fraction of sp³-hybridized carbons (Fsp3) is 0.235. The lowest BCUT2D eigenvalue weighted by Crippen LogP contribution is -2.19. The zero-order valence-corrected chi connectivity index (χ0v) is 14.4. The highest BCUT2D eigenvalue weighted by Gasteiger charge is 2.14. The van der Waals surface area contributed by atoms with Gasteiger partial charge in [0.2, 0.25) is 0 Å². The molecule has 0 aliphatic carbocycles. The number of rotatable bonds is 6. The summed E-state index contributed by atoms with van der Waals surface area (Å²) in [4.78, 5) is 11.0. The Labute approximate surface area is 142 Å². The fourth-order valence-corrected chi connectivity index (χ4v) is 3.25. The van der Waals surface area contributed by atoms with Crippen molar-refractivity contribution in [3.8, 4) is 0 Å². The summed E-state index contributed by atoms with van der Waals surface area (Å²) in [5, 5.41) is 2.41. The lowest BCUT2D eigenvalue weighted by molar-refractivity contribution is 0.259. The molecule has 0 fully saturated rings. The number of primary amides is 1. The van der Waals surface area contributed by atoms with Crippen molar-refractivity contribution in [1.29, 1.82) is 0 Å². The van der Waals surface area contributed by atoms with Crippen LogP contribution in [-0.2, 0) is 10.0 Å². The third-order valence-electron chi connectivity index (χ3n) is 3.78. The molecule has 7 heteroatoms. The van der Waals surface area contributed by atoms with E-state index in [9.17, 15) is 13.2 Å². The van der Waals surface area contributed by atoms with Gasteiger partial charge in [-0.05, 0) is 54.3 Å². The monoisotopic (exact) mass is 347 g/mol. The first-order valence-electron chi connectivity index (χ1n) is 7.61. The van der Waals surface area contributed by atoms with Gasteiger partial charge in [0.1, 0.15) is 0 Å². The number of hydrogen-bond acceptors (Lipinski definition) is 3. The number of anilines is 2. The molecular formula is C17H21N3O3S. The van der Waals surface area contributed by atoms with Gasteiger partial charge in [-0.2, -0.15) is 0 Å². The number of carbonyl (C=O) groups is 1. The van der Waals surface area contributed by atoms with Crippen molar-refractivity contribution in [2.24, 2.45) is 5.73 Å². The van der Waals surface area contributed by atoms with Gasteiger partial charge in [-0.1, -0.05) is 26.0 Å². The minimum Gasteiger partial charge on any atom is -0.351 e. The largest absolute Gasteiger partial charge is 0.351 e. The Bertz CT molecular complexity index is 800. The summed E-state index contributed by atoms with van der Waals surface area (Å²) in [7, 11) is -3.66. The summed E-state index contributed by atoms with van der Waals surface area (Å²) in [5.74, 6) is 0.389. The Morgan fingerprint density at radius 2 is 1.58 bits per heavy atom. The van der Waals surface area contributed by atoms with Crippen LogP contribution in [0.2, 0.25) is 0 Å². The predicted molar refractivity (Wildman–Crippen MR) is 95.6 cm³/mol. The van der Waals surface area contributed by atoms with Gasteiger partial charge in [-0.3, -0.25) is 4.72 Å². The van der Waals surface area contributed by atoms with E-state index in [1.807, 2.05) is 12.1 Å². The molecule has 1 atom stereocenters. The molecule has 0 heterocycles. The molecule has 0 radical (unpaired) electrons. The lowest BCUT2D eigenvalue weighted by Gasteiger charge is -2.12. The SMILES string of the molecule is CCC(C)c1ccc(S(=O)(=O)Nc2ccc(NC(N)=O)cc2)cc1. The zero-order chi connectivity index (χ0) is 17.7. The highest BCUT2D eigenvalue weighted by atomic mass is 32.2. The van der Waals surface area contributed by atoms with Gasteiger partial charge < -0.3 is 11.1 Å². The van der Waals surface area contributed by atoms with Crippen LogP contribution in [0.5, 0.6) is 0 Å². The van der Waals surface area contributed by atoms with Crippen molar-refractivity contribution in [2.45, 2.75) is 31.1 Å². The van der Waals surface area contributed by atoms with E-state index in [2.05, 4.69) is 23.9 Å². The second-order valence-electron chi connectivity index (χ2n) is 5.55. The van der Waals surface area contributed by atoms with Gasteiger partial charge in [0.25, 0.3) is 10.0 Å². The topological polar surface area (TPSA) is 101 Å². The molecule has 0 aromatic heterocycles. The van der Waals surface area contributed by atoms with Crippen LogP contribution >= 0.6 is 0 Å². The highest BCUT2D eigenvalue weighted by molar-refractivity contribution is 7.92. The predicted octanol–water partition coefficient (Wildman–Crippen LogP) is 3.49. The summed E-state index contributed by atoms with van der Waals surface area (Å²) < 4.78 is 27.3. The number of nitrogens with two attached hydrogens (primary N) is 1. The van der Waals surface area contributed by atoms with Gasteiger partial charge in [0.15, 0.2) is 0 Å². The second kappa shape index (κ2) is 7.35. The van der Waals surface area contributed by atoms with Gasteiger partial charge in [0.05, 0.1) is 4.90 Å². The molecule has 24 heavy (non-hydrogen) atoms. The maximum Gasteiger partial charge on any atom is 0.316 e. The molecule has 2 amide bonds. The number of sulfonamides is 1. The van der Waals surface area contributed by atoms with E-state index in [1.165, 1.54) is 0 Å². The van der Waals surface area contributed by atoms with E-state index in [4.69, 9.17) is 5.73 Å². The summed E-state index contributed by atoms with van der Waals surface area (Å²) in [5.41, 5.74) is 7.02. The van der Waals surface area contributed by atoms with Crippen LogP contribution in [0.1, 0.15) is 31.7 Å². The number of hydrogen-bond donors (Lipinski definition) is 3. The van der Waals surface area contributed by atoms with Crippen molar-refractivity contribution >= 4 is 27.4 Å². The van der Waals surface area contributed by atoms with Crippen LogP contribution in [0, 0.1) is 0 Å². The molecule has 2 aromatic rings. The quantitative estimate of drug-likeness (QED) is 0.745. The van der Waals surface area contributed by atoms with Crippen LogP contribution in [-0.4, -0.2) is 14.4 Å². The summed E-state index contributed by atoms with van der Waals surface area (Å²) in [6, 6.07) is 12.4. The molecule has 0 aliphatic rings. The zero-order valence-electron chi connectivity index (χ0n) is 13.6. The molecule has 128 valence electrons. The standard InChI is InChI=1S/C17H21N3O3S/c1-3-12(2)13-4-10-16(11-5-13)24(22,23)20-15-8-6-14(7-9-15)19-17(18)21/h4-12,20H,3H2,1-2H3,(H3,18,19,21). The number of nitrogens with one attached hydrogen (secondary N) is 2. The van der Waals surface area contributed by atoms with Crippen LogP contribution in [0.25, 0.3) is 0 Å². The molecule has 2 aromatic carbocycles. The lowest BCUT2D eigenvalue weighted by atomic mass is 9.99. The second-order valence-corrected chi connectivity index (χ2v) is 7.23. The molecule has 0 bridgehead atoms. The van der Waals surface area contributed by atoms with E-state index in [-0.39, 0.29) is 4.90 Å². The Balaban J connectivity index is 2.14. The van der Waals surface area contributed by atoms with Crippen LogP contribution in [0.15, 0.2) is 53.4 Å². The minimum atomic E-state index is -3.66. The molecule has 0 saturated carbocycles.